The molecule has 0 fully saturated rings. The van der Waals surface area contributed by atoms with Gasteiger partial charge in [0, 0.05) is 11.1 Å². The van der Waals surface area contributed by atoms with Gasteiger partial charge in [-0.25, -0.2) is 4.98 Å². The van der Waals surface area contributed by atoms with E-state index in [0.29, 0.717) is 21.4 Å². The summed E-state index contributed by atoms with van der Waals surface area (Å²) in [5, 5.41) is 2.82. The number of nitrogens with zero attached hydrogens (tertiary/aromatic N) is 1. The van der Waals surface area contributed by atoms with Crippen LogP contribution in [0.4, 0.5) is 0 Å². The highest BCUT2D eigenvalue weighted by Gasteiger charge is 2.12. The Balaban J connectivity index is 2.01. The van der Waals surface area contributed by atoms with E-state index in [4.69, 9.17) is 23.2 Å². The van der Waals surface area contributed by atoms with E-state index in [1.54, 1.807) is 18.2 Å². The molecule has 0 saturated heterocycles. The number of halogens is 2. The van der Waals surface area contributed by atoms with Crippen LogP contribution in [0.3, 0.4) is 0 Å². The van der Waals surface area contributed by atoms with Gasteiger partial charge in [0.05, 0.1) is 21.1 Å². The summed E-state index contributed by atoms with van der Waals surface area (Å²) in [7, 11) is 0. The van der Waals surface area contributed by atoms with Crippen molar-refractivity contribution >= 4 is 51.3 Å². The standard InChI is InChI=1S/C18H10Cl2N2O/c19-14-7-16-17(8-15(14)20)22-18(21-16)13-6-5-10(9-23)11-3-1-2-4-12(11)13/h1-9H,(H,21,22). The van der Waals surface area contributed by atoms with Crippen molar-refractivity contribution in [1.29, 1.82) is 0 Å². The van der Waals surface area contributed by atoms with Gasteiger partial charge < -0.3 is 4.98 Å². The van der Waals surface area contributed by atoms with Gasteiger partial charge >= 0.3 is 0 Å². The van der Waals surface area contributed by atoms with E-state index in [2.05, 4.69) is 9.97 Å². The third kappa shape index (κ3) is 2.29. The predicted octanol–water partition coefficient (Wildman–Crippen LogP) is 5.50. The Bertz CT molecular complexity index is 1030. The molecule has 1 aromatic heterocycles. The highest BCUT2D eigenvalue weighted by molar-refractivity contribution is 6.42. The number of imidazole rings is 1. The number of carbonyl (C=O) groups is 1. The van der Waals surface area contributed by atoms with Gasteiger partial charge in [0.15, 0.2) is 6.29 Å². The summed E-state index contributed by atoms with van der Waals surface area (Å²) in [6, 6.07) is 15.0. The van der Waals surface area contributed by atoms with Crippen LogP contribution < -0.4 is 0 Å². The van der Waals surface area contributed by atoms with Crippen LogP contribution in [0.1, 0.15) is 10.4 Å². The van der Waals surface area contributed by atoms with Crippen molar-refractivity contribution in [2.75, 3.05) is 0 Å². The predicted molar refractivity (Wildman–Crippen MR) is 94.4 cm³/mol. The summed E-state index contributed by atoms with van der Waals surface area (Å²) in [6.45, 7) is 0. The molecule has 0 unspecified atom stereocenters. The molecule has 0 aliphatic rings. The summed E-state index contributed by atoms with van der Waals surface area (Å²) in [6.07, 6.45) is 0.865. The highest BCUT2D eigenvalue weighted by Crippen LogP contribution is 2.32. The number of hydrogen-bond acceptors (Lipinski definition) is 2. The number of H-pyrrole nitrogens is 1. The quantitative estimate of drug-likeness (QED) is 0.489. The molecule has 4 aromatic rings. The Morgan fingerprint density at radius 2 is 1.70 bits per heavy atom. The SMILES string of the molecule is O=Cc1ccc(-c2nc3cc(Cl)c(Cl)cc3[nH]2)c2ccccc12. The number of aromatic nitrogens is 2. The van der Waals surface area contributed by atoms with Crippen LogP contribution in [-0.4, -0.2) is 16.3 Å². The minimum absolute atomic E-state index is 0.471. The fraction of sp³-hybridized carbons (Fsp3) is 0. The van der Waals surface area contributed by atoms with E-state index in [0.717, 1.165) is 33.7 Å². The molecule has 1 heterocycles. The molecule has 23 heavy (non-hydrogen) atoms. The lowest BCUT2D eigenvalue weighted by Crippen LogP contribution is -1.88. The molecule has 112 valence electrons. The number of rotatable bonds is 2. The molecule has 3 aromatic carbocycles. The first-order chi connectivity index (χ1) is 11.2. The molecule has 0 radical (unpaired) electrons. The zero-order chi connectivity index (χ0) is 16.0. The van der Waals surface area contributed by atoms with Gasteiger partial charge in [-0.1, -0.05) is 53.5 Å². The molecule has 0 bridgehead atoms. The lowest BCUT2D eigenvalue weighted by molar-refractivity contribution is 0.112. The summed E-state index contributed by atoms with van der Waals surface area (Å²) in [5.41, 5.74) is 3.15. The van der Waals surface area contributed by atoms with Crippen molar-refractivity contribution in [1.82, 2.24) is 9.97 Å². The minimum Gasteiger partial charge on any atom is -0.338 e. The molecular formula is C18H10Cl2N2O. The molecule has 3 nitrogen and oxygen atoms in total. The smallest absolute Gasteiger partial charge is 0.150 e. The summed E-state index contributed by atoms with van der Waals surface area (Å²) >= 11 is 12.1. The number of carbonyl (C=O) groups excluding carboxylic acids is 1. The van der Waals surface area contributed by atoms with Crippen molar-refractivity contribution < 1.29 is 4.79 Å². The normalized spacial score (nSPS) is 11.2. The number of hydrogen-bond donors (Lipinski definition) is 1. The van der Waals surface area contributed by atoms with Gasteiger partial charge in [-0.15, -0.1) is 0 Å². The van der Waals surface area contributed by atoms with Gasteiger partial charge in [-0.2, -0.15) is 0 Å². The number of fused-ring (bicyclic) bond motifs is 2. The van der Waals surface area contributed by atoms with Crippen LogP contribution >= 0.6 is 23.2 Å². The number of aromatic amines is 1. The number of benzene rings is 3. The lowest BCUT2D eigenvalue weighted by atomic mass is 10.00. The lowest BCUT2D eigenvalue weighted by Gasteiger charge is -2.06. The molecule has 1 N–H and O–H groups in total. The van der Waals surface area contributed by atoms with Gasteiger partial charge in [-0.3, -0.25) is 4.79 Å². The summed E-state index contributed by atoms with van der Waals surface area (Å²) in [4.78, 5) is 19.1. The topological polar surface area (TPSA) is 45.8 Å². The first kappa shape index (κ1) is 14.2. The van der Waals surface area contributed by atoms with Crippen molar-refractivity contribution in [3.05, 3.63) is 64.1 Å². The van der Waals surface area contributed by atoms with Crippen molar-refractivity contribution in [3.63, 3.8) is 0 Å². The average molecular weight is 341 g/mol. The zero-order valence-corrected chi connectivity index (χ0v) is 13.3. The maximum atomic E-state index is 11.2. The molecule has 0 saturated carbocycles. The number of aldehydes is 1. The van der Waals surface area contributed by atoms with Crippen molar-refractivity contribution in [2.45, 2.75) is 0 Å². The maximum absolute atomic E-state index is 11.2. The fourth-order valence-corrected chi connectivity index (χ4v) is 3.09. The van der Waals surface area contributed by atoms with Gasteiger partial charge in [-0.05, 0) is 29.0 Å². The molecule has 0 amide bonds. The second-order valence-electron chi connectivity index (χ2n) is 5.23. The zero-order valence-electron chi connectivity index (χ0n) is 11.8. The van der Waals surface area contributed by atoms with Crippen molar-refractivity contribution in [2.24, 2.45) is 0 Å². The second kappa shape index (κ2) is 5.37. The fourth-order valence-electron chi connectivity index (χ4n) is 2.76. The van der Waals surface area contributed by atoms with Crippen LogP contribution in [0.25, 0.3) is 33.2 Å². The van der Waals surface area contributed by atoms with Crippen molar-refractivity contribution in [3.8, 4) is 11.4 Å². The minimum atomic E-state index is 0.471. The van der Waals surface area contributed by atoms with E-state index in [1.807, 2.05) is 30.3 Å². The first-order valence-corrected chi connectivity index (χ1v) is 7.75. The van der Waals surface area contributed by atoms with E-state index in [1.165, 1.54) is 0 Å². The monoisotopic (exact) mass is 340 g/mol. The van der Waals surface area contributed by atoms with E-state index < -0.39 is 0 Å². The van der Waals surface area contributed by atoms with E-state index >= 15 is 0 Å². The van der Waals surface area contributed by atoms with Crippen LogP contribution in [0.15, 0.2) is 48.5 Å². The van der Waals surface area contributed by atoms with Gasteiger partial charge in [0.25, 0.3) is 0 Å². The van der Waals surface area contributed by atoms with E-state index in [-0.39, 0.29) is 0 Å². The first-order valence-electron chi connectivity index (χ1n) is 6.99. The Hall–Kier alpha value is -2.36. The number of nitrogens with one attached hydrogen (secondary N) is 1. The third-order valence-electron chi connectivity index (χ3n) is 3.86. The Morgan fingerprint density at radius 1 is 0.957 bits per heavy atom. The molecule has 4 rings (SSSR count). The maximum Gasteiger partial charge on any atom is 0.150 e. The van der Waals surface area contributed by atoms with Gasteiger partial charge in [0.1, 0.15) is 5.82 Å². The summed E-state index contributed by atoms with van der Waals surface area (Å²) in [5.74, 6) is 0.715. The molecular weight excluding hydrogens is 331 g/mol. The van der Waals surface area contributed by atoms with Crippen LogP contribution in [0.5, 0.6) is 0 Å². The Morgan fingerprint density at radius 3 is 2.48 bits per heavy atom. The van der Waals surface area contributed by atoms with Crippen LogP contribution in [0, 0.1) is 0 Å². The molecule has 0 aliphatic carbocycles. The highest BCUT2D eigenvalue weighted by atomic mass is 35.5. The molecule has 0 atom stereocenters. The van der Waals surface area contributed by atoms with Crippen LogP contribution in [-0.2, 0) is 0 Å². The largest absolute Gasteiger partial charge is 0.338 e. The Labute approximate surface area is 141 Å². The molecule has 0 spiro atoms. The Kier molecular flexibility index (Phi) is 3.33. The van der Waals surface area contributed by atoms with Crippen LogP contribution in [0.2, 0.25) is 10.0 Å². The molecule has 5 heteroatoms. The summed E-state index contributed by atoms with van der Waals surface area (Å²) < 4.78 is 0. The third-order valence-corrected chi connectivity index (χ3v) is 4.59. The average Bonchev–Trinajstić information content (AvgIpc) is 2.96. The molecule has 0 aliphatic heterocycles. The second-order valence-corrected chi connectivity index (χ2v) is 6.05. The van der Waals surface area contributed by atoms with E-state index in [9.17, 15) is 4.79 Å². The van der Waals surface area contributed by atoms with Gasteiger partial charge in [0.2, 0.25) is 0 Å².